The van der Waals surface area contributed by atoms with Gasteiger partial charge in [0.1, 0.15) is 0 Å². The van der Waals surface area contributed by atoms with Gasteiger partial charge >= 0.3 is 0 Å². The molecule has 0 aliphatic carbocycles. The van der Waals surface area contributed by atoms with Crippen molar-refractivity contribution in [2.75, 3.05) is 0 Å². The Labute approximate surface area is 169 Å². The molecule has 2 heterocycles. The Morgan fingerprint density at radius 3 is 1.82 bits per heavy atom. The van der Waals surface area contributed by atoms with Gasteiger partial charge in [0.15, 0.2) is 18.9 Å². The van der Waals surface area contributed by atoms with E-state index in [9.17, 15) is 0 Å². The van der Waals surface area contributed by atoms with Gasteiger partial charge in [0, 0.05) is 51.1 Å². The van der Waals surface area contributed by atoms with Crippen LogP contribution in [-0.2, 0) is 13.1 Å². The molecule has 0 aliphatic heterocycles. The van der Waals surface area contributed by atoms with E-state index in [2.05, 4.69) is 94.3 Å². The van der Waals surface area contributed by atoms with Crippen LogP contribution < -0.4 is 4.57 Å². The Bertz CT molecular complexity index is 1200. The monoisotopic (exact) mass is 383 g/mol. The van der Waals surface area contributed by atoms with Gasteiger partial charge < -0.3 is 4.57 Å². The van der Waals surface area contributed by atoms with Crippen LogP contribution in [0.1, 0.15) is 11.1 Å². The van der Waals surface area contributed by atoms with E-state index in [4.69, 9.17) is 11.6 Å². The van der Waals surface area contributed by atoms with Gasteiger partial charge in [0.25, 0.3) is 0 Å². The average Bonchev–Trinajstić information content (AvgIpc) is 3.05. The Kier molecular flexibility index (Phi) is 4.34. The molecule has 0 spiro atoms. The van der Waals surface area contributed by atoms with Gasteiger partial charge in [-0.05, 0) is 29.8 Å². The molecule has 0 N–H and O–H groups in total. The van der Waals surface area contributed by atoms with Crippen molar-refractivity contribution in [1.29, 1.82) is 0 Å². The number of benzene rings is 3. The van der Waals surface area contributed by atoms with Crippen LogP contribution in [0.5, 0.6) is 0 Å². The summed E-state index contributed by atoms with van der Waals surface area (Å²) in [7, 11) is 0. The summed E-state index contributed by atoms with van der Waals surface area (Å²) in [4.78, 5) is 0. The van der Waals surface area contributed by atoms with Crippen LogP contribution in [0.15, 0.2) is 97.3 Å². The predicted octanol–water partition coefficient (Wildman–Crippen LogP) is 5.83. The van der Waals surface area contributed by atoms with E-state index < -0.39 is 0 Å². The minimum Gasteiger partial charge on any atom is -0.336 e. The lowest BCUT2D eigenvalue weighted by atomic mass is 10.2. The number of para-hydroxylation sites is 2. The summed E-state index contributed by atoms with van der Waals surface area (Å²) in [5, 5.41) is 3.40. The van der Waals surface area contributed by atoms with Crippen LogP contribution in [0.2, 0.25) is 5.02 Å². The molecule has 136 valence electrons. The first kappa shape index (κ1) is 17.0. The van der Waals surface area contributed by atoms with E-state index in [-0.39, 0.29) is 0 Å². The Morgan fingerprint density at radius 1 is 0.643 bits per heavy atom. The highest BCUT2D eigenvalue weighted by Gasteiger charge is 2.11. The molecule has 0 unspecified atom stereocenters. The first-order chi connectivity index (χ1) is 13.8. The van der Waals surface area contributed by atoms with Crippen molar-refractivity contribution in [2.45, 2.75) is 13.1 Å². The summed E-state index contributed by atoms with van der Waals surface area (Å²) >= 11 is 5.98. The molecule has 0 fully saturated rings. The third-order valence-electron chi connectivity index (χ3n) is 5.26. The fourth-order valence-electron chi connectivity index (χ4n) is 3.86. The first-order valence-electron chi connectivity index (χ1n) is 9.46. The smallest absolute Gasteiger partial charge is 0.173 e. The normalized spacial score (nSPS) is 11.3. The van der Waals surface area contributed by atoms with Gasteiger partial charge in [-0.3, -0.25) is 0 Å². The van der Waals surface area contributed by atoms with Crippen molar-refractivity contribution < 1.29 is 4.57 Å². The second-order valence-electron chi connectivity index (χ2n) is 7.13. The molecule has 2 nitrogen and oxygen atoms in total. The molecule has 5 aromatic rings. The summed E-state index contributed by atoms with van der Waals surface area (Å²) in [5.41, 5.74) is 5.09. The first-order valence-corrected chi connectivity index (χ1v) is 9.84. The van der Waals surface area contributed by atoms with Crippen molar-refractivity contribution >= 4 is 33.4 Å². The topological polar surface area (TPSA) is 8.81 Å². The van der Waals surface area contributed by atoms with E-state index in [1.54, 1.807) is 0 Å². The third kappa shape index (κ3) is 3.17. The van der Waals surface area contributed by atoms with Gasteiger partial charge in [-0.2, -0.15) is 0 Å². The molecule has 0 atom stereocenters. The molecular formula is C25H20ClN2+. The highest BCUT2D eigenvalue weighted by Crippen LogP contribution is 2.29. The Hall–Kier alpha value is -3.10. The van der Waals surface area contributed by atoms with E-state index in [0.717, 1.165) is 18.1 Å². The van der Waals surface area contributed by atoms with Crippen molar-refractivity contribution in [3.63, 3.8) is 0 Å². The molecule has 0 radical (unpaired) electrons. The second kappa shape index (κ2) is 7.14. The maximum atomic E-state index is 5.98. The molecule has 0 bridgehead atoms. The van der Waals surface area contributed by atoms with Crippen molar-refractivity contribution in [2.24, 2.45) is 0 Å². The third-order valence-corrected chi connectivity index (χ3v) is 5.51. The highest BCUT2D eigenvalue weighted by molar-refractivity contribution is 6.30. The minimum atomic E-state index is 0.773. The maximum Gasteiger partial charge on any atom is 0.173 e. The molecule has 0 aliphatic rings. The van der Waals surface area contributed by atoms with E-state index in [1.807, 2.05) is 12.1 Å². The molecule has 0 saturated heterocycles. The predicted molar refractivity (Wildman–Crippen MR) is 116 cm³/mol. The number of hydrogen-bond acceptors (Lipinski definition) is 0. The molecule has 3 heteroatoms. The summed E-state index contributed by atoms with van der Waals surface area (Å²) in [5.74, 6) is 0. The number of fused-ring (bicyclic) bond motifs is 3. The summed E-state index contributed by atoms with van der Waals surface area (Å²) < 4.78 is 4.60. The van der Waals surface area contributed by atoms with Crippen LogP contribution in [0.4, 0.5) is 0 Å². The molecule has 2 aromatic heterocycles. The van der Waals surface area contributed by atoms with Crippen LogP contribution in [0, 0.1) is 0 Å². The van der Waals surface area contributed by atoms with Crippen LogP contribution in [0.3, 0.4) is 0 Å². The van der Waals surface area contributed by atoms with Crippen molar-refractivity contribution in [3.8, 4) is 0 Å². The molecule has 28 heavy (non-hydrogen) atoms. The maximum absolute atomic E-state index is 5.98. The van der Waals surface area contributed by atoms with Gasteiger partial charge in [-0.1, -0.05) is 60.1 Å². The molecule has 3 aromatic carbocycles. The number of halogens is 1. The Balaban J connectivity index is 1.45. The van der Waals surface area contributed by atoms with Crippen molar-refractivity contribution in [3.05, 3.63) is 113 Å². The molecule has 0 amide bonds. The summed E-state index contributed by atoms with van der Waals surface area (Å²) in [6, 6.07) is 29.7. The van der Waals surface area contributed by atoms with Gasteiger partial charge in [-0.15, -0.1) is 0 Å². The van der Waals surface area contributed by atoms with E-state index in [0.29, 0.717) is 0 Å². The molecular weight excluding hydrogens is 364 g/mol. The van der Waals surface area contributed by atoms with E-state index in [1.165, 1.54) is 32.9 Å². The van der Waals surface area contributed by atoms with Crippen LogP contribution >= 0.6 is 11.6 Å². The van der Waals surface area contributed by atoms with Crippen LogP contribution in [-0.4, -0.2) is 4.57 Å². The second-order valence-corrected chi connectivity index (χ2v) is 7.56. The fourth-order valence-corrected chi connectivity index (χ4v) is 3.98. The Morgan fingerprint density at radius 2 is 1.21 bits per heavy atom. The van der Waals surface area contributed by atoms with Crippen LogP contribution in [0.25, 0.3) is 21.8 Å². The zero-order valence-electron chi connectivity index (χ0n) is 15.4. The molecule has 0 saturated carbocycles. The standard InChI is InChI=1S/C25H20ClN2/c26-21-11-9-19(10-12-21)17-27-15-13-20(14-16-27)18-28-24-7-3-1-5-22(24)23-6-2-4-8-25(23)28/h1-16H,17-18H2/q+1. The molecule has 5 rings (SSSR count). The zero-order chi connectivity index (χ0) is 18.9. The average molecular weight is 384 g/mol. The van der Waals surface area contributed by atoms with Crippen molar-refractivity contribution in [1.82, 2.24) is 4.57 Å². The lowest BCUT2D eigenvalue weighted by Gasteiger charge is -2.07. The number of pyridine rings is 1. The number of hydrogen-bond donors (Lipinski definition) is 0. The van der Waals surface area contributed by atoms with Gasteiger partial charge in [-0.25, -0.2) is 4.57 Å². The lowest BCUT2D eigenvalue weighted by Crippen LogP contribution is -2.33. The number of aromatic nitrogens is 2. The largest absolute Gasteiger partial charge is 0.336 e. The summed E-state index contributed by atoms with van der Waals surface area (Å²) in [6.07, 6.45) is 4.30. The highest BCUT2D eigenvalue weighted by atomic mass is 35.5. The summed E-state index contributed by atoms with van der Waals surface area (Å²) in [6.45, 7) is 1.70. The van der Waals surface area contributed by atoms with E-state index >= 15 is 0 Å². The van der Waals surface area contributed by atoms with Gasteiger partial charge in [0.2, 0.25) is 0 Å². The lowest BCUT2D eigenvalue weighted by molar-refractivity contribution is -0.688. The quantitative estimate of drug-likeness (QED) is 0.345. The SMILES string of the molecule is Clc1ccc(C[n+]2ccc(Cn3c4ccccc4c4ccccc43)cc2)cc1. The fraction of sp³-hybridized carbons (Fsp3) is 0.0800. The number of nitrogens with zero attached hydrogens (tertiary/aromatic N) is 2. The number of rotatable bonds is 4. The van der Waals surface area contributed by atoms with Gasteiger partial charge in [0.05, 0.1) is 0 Å². The zero-order valence-corrected chi connectivity index (χ0v) is 16.2. The minimum absolute atomic E-state index is 0.773.